The van der Waals surface area contributed by atoms with Crippen molar-refractivity contribution in [1.29, 1.82) is 0 Å². The summed E-state index contributed by atoms with van der Waals surface area (Å²) in [6.07, 6.45) is 5.38. The van der Waals surface area contributed by atoms with E-state index in [0.717, 1.165) is 18.5 Å². The summed E-state index contributed by atoms with van der Waals surface area (Å²) in [5.41, 5.74) is 1.40. The number of amides is 1. The lowest BCUT2D eigenvalue weighted by Crippen LogP contribution is -2.33. The van der Waals surface area contributed by atoms with Crippen LogP contribution in [0.15, 0.2) is 18.5 Å². The van der Waals surface area contributed by atoms with Crippen LogP contribution in [0.1, 0.15) is 44.0 Å². The molecule has 0 radical (unpaired) electrons. The largest absolute Gasteiger partial charge is 0.387 e. The van der Waals surface area contributed by atoms with Crippen LogP contribution >= 0.6 is 0 Å². The first-order valence-corrected chi connectivity index (χ1v) is 6.47. The maximum absolute atomic E-state index is 12.1. The van der Waals surface area contributed by atoms with Crippen LogP contribution < -0.4 is 10.6 Å². The number of nitrogens with one attached hydrogen (secondary N) is 2. The molecule has 100 valence electrons. The quantitative estimate of drug-likeness (QED) is 0.815. The van der Waals surface area contributed by atoms with Gasteiger partial charge < -0.3 is 10.6 Å². The molecule has 0 saturated carbocycles. The summed E-state index contributed by atoms with van der Waals surface area (Å²) >= 11 is 0. The zero-order valence-electron chi connectivity index (χ0n) is 11.7. The monoisotopic (exact) mass is 249 g/mol. The number of nitrogens with zero attached hydrogens (tertiary/aromatic N) is 1. The minimum absolute atomic E-state index is 0.0660. The Balaban J connectivity index is 2.59. The zero-order chi connectivity index (χ0) is 13.5. The molecule has 4 nitrogen and oxygen atoms in total. The summed E-state index contributed by atoms with van der Waals surface area (Å²) < 4.78 is 0. The van der Waals surface area contributed by atoms with Crippen LogP contribution in [-0.4, -0.2) is 24.0 Å². The van der Waals surface area contributed by atoms with Gasteiger partial charge in [-0.25, -0.2) is 0 Å². The number of carbonyl (C=O) groups excluding carboxylic acids is 1. The van der Waals surface area contributed by atoms with Crippen LogP contribution in [0.2, 0.25) is 0 Å². The number of pyridine rings is 1. The molecule has 0 aliphatic rings. The Labute approximate surface area is 109 Å². The Morgan fingerprint density at radius 2 is 2.06 bits per heavy atom. The molecular formula is C14H23N3O. The predicted octanol–water partition coefficient (Wildman–Crippen LogP) is 2.68. The zero-order valence-corrected chi connectivity index (χ0v) is 11.7. The fourth-order valence-electron chi connectivity index (χ4n) is 1.75. The Morgan fingerprint density at radius 1 is 1.33 bits per heavy atom. The van der Waals surface area contributed by atoms with Gasteiger partial charge in [-0.05, 0) is 31.7 Å². The lowest BCUT2D eigenvalue weighted by molar-refractivity contribution is 0.0937. The number of carbonyl (C=O) groups is 1. The van der Waals surface area contributed by atoms with Gasteiger partial charge in [0.15, 0.2) is 0 Å². The highest BCUT2D eigenvalue weighted by Gasteiger charge is 2.13. The van der Waals surface area contributed by atoms with Gasteiger partial charge in [0.1, 0.15) is 0 Å². The second-order valence-electron chi connectivity index (χ2n) is 5.02. The molecule has 18 heavy (non-hydrogen) atoms. The van der Waals surface area contributed by atoms with E-state index in [2.05, 4.69) is 29.5 Å². The number of rotatable bonds is 6. The van der Waals surface area contributed by atoms with Gasteiger partial charge in [0.25, 0.3) is 5.91 Å². The van der Waals surface area contributed by atoms with Crippen molar-refractivity contribution in [1.82, 2.24) is 10.3 Å². The van der Waals surface area contributed by atoms with E-state index in [-0.39, 0.29) is 11.9 Å². The summed E-state index contributed by atoms with van der Waals surface area (Å²) in [4.78, 5) is 16.1. The van der Waals surface area contributed by atoms with Gasteiger partial charge in [-0.3, -0.25) is 9.78 Å². The SMILES string of the molecule is CNc1ccncc1C(=O)NC(C)CCC(C)C. The van der Waals surface area contributed by atoms with E-state index < -0.39 is 0 Å². The lowest BCUT2D eigenvalue weighted by atomic mass is 10.0. The third-order valence-electron chi connectivity index (χ3n) is 2.89. The van der Waals surface area contributed by atoms with Crippen LogP contribution in [0.25, 0.3) is 0 Å². The molecule has 1 amide bonds. The normalized spacial score (nSPS) is 12.3. The second-order valence-corrected chi connectivity index (χ2v) is 5.02. The van der Waals surface area contributed by atoms with Gasteiger partial charge in [0, 0.05) is 31.2 Å². The first-order valence-electron chi connectivity index (χ1n) is 6.47. The van der Waals surface area contributed by atoms with Crippen molar-refractivity contribution in [3.05, 3.63) is 24.0 Å². The van der Waals surface area contributed by atoms with Crippen molar-refractivity contribution in [2.24, 2.45) is 5.92 Å². The molecular weight excluding hydrogens is 226 g/mol. The standard InChI is InChI=1S/C14H23N3O/c1-10(2)5-6-11(3)17-14(18)12-9-16-8-7-13(12)15-4/h7-11H,5-6H2,1-4H3,(H,15,16)(H,17,18). The number of aromatic nitrogens is 1. The highest BCUT2D eigenvalue weighted by molar-refractivity contribution is 5.99. The highest BCUT2D eigenvalue weighted by Crippen LogP contribution is 2.13. The van der Waals surface area contributed by atoms with Gasteiger partial charge >= 0.3 is 0 Å². The smallest absolute Gasteiger partial charge is 0.255 e. The van der Waals surface area contributed by atoms with E-state index in [1.807, 2.05) is 6.92 Å². The molecule has 4 heteroatoms. The van der Waals surface area contributed by atoms with E-state index >= 15 is 0 Å². The van der Waals surface area contributed by atoms with Gasteiger partial charge in [-0.1, -0.05) is 13.8 Å². The van der Waals surface area contributed by atoms with Gasteiger partial charge in [-0.15, -0.1) is 0 Å². The Kier molecular flexibility index (Phi) is 5.62. The molecule has 0 spiro atoms. The number of hydrogen-bond donors (Lipinski definition) is 2. The molecule has 0 bridgehead atoms. The van der Waals surface area contributed by atoms with E-state index in [0.29, 0.717) is 11.5 Å². The topological polar surface area (TPSA) is 54.0 Å². The fourth-order valence-corrected chi connectivity index (χ4v) is 1.75. The Morgan fingerprint density at radius 3 is 2.67 bits per heavy atom. The maximum Gasteiger partial charge on any atom is 0.255 e. The minimum atomic E-state index is -0.0660. The van der Waals surface area contributed by atoms with E-state index in [9.17, 15) is 4.79 Å². The molecule has 1 rings (SSSR count). The summed E-state index contributed by atoms with van der Waals surface area (Å²) in [5, 5.41) is 6.01. The molecule has 0 aliphatic heterocycles. The molecule has 1 unspecified atom stereocenters. The van der Waals surface area contributed by atoms with Crippen LogP contribution in [0.4, 0.5) is 5.69 Å². The molecule has 1 aromatic rings. The first-order chi connectivity index (χ1) is 8.54. The molecule has 0 aliphatic carbocycles. The first kappa shape index (κ1) is 14.5. The molecule has 1 aromatic heterocycles. The van der Waals surface area contributed by atoms with Crippen LogP contribution in [-0.2, 0) is 0 Å². The molecule has 0 aromatic carbocycles. The van der Waals surface area contributed by atoms with Crippen molar-refractivity contribution >= 4 is 11.6 Å². The summed E-state index contributed by atoms with van der Waals surface area (Å²) in [7, 11) is 1.80. The average Bonchev–Trinajstić information content (AvgIpc) is 2.36. The molecule has 2 N–H and O–H groups in total. The van der Waals surface area contributed by atoms with Crippen molar-refractivity contribution in [3.8, 4) is 0 Å². The lowest BCUT2D eigenvalue weighted by Gasteiger charge is -2.16. The number of anilines is 1. The third-order valence-corrected chi connectivity index (χ3v) is 2.89. The fraction of sp³-hybridized carbons (Fsp3) is 0.571. The van der Waals surface area contributed by atoms with E-state index in [4.69, 9.17) is 0 Å². The van der Waals surface area contributed by atoms with Gasteiger partial charge in [0.05, 0.1) is 5.56 Å². The third kappa shape index (κ3) is 4.35. The summed E-state index contributed by atoms with van der Waals surface area (Å²) in [6, 6.07) is 1.98. The Bertz CT molecular complexity index is 390. The van der Waals surface area contributed by atoms with Crippen molar-refractivity contribution in [2.45, 2.75) is 39.7 Å². The molecule has 0 fully saturated rings. The van der Waals surface area contributed by atoms with E-state index in [1.54, 1.807) is 25.5 Å². The highest BCUT2D eigenvalue weighted by atomic mass is 16.1. The van der Waals surface area contributed by atoms with Crippen LogP contribution in [0.5, 0.6) is 0 Å². The average molecular weight is 249 g/mol. The maximum atomic E-state index is 12.1. The number of hydrogen-bond acceptors (Lipinski definition) is 3. The second kappa shape index (κ2) is 6.99. The molecule has 1 atom stereocenters. The minimum Gasteiger partial charge on any atom is -0.387 e. The van der Waals surface area contributed by atoms with Gasteiger partial charge in [0.2, 0.25) is 0 Å². The van der Waals surface area contributed by atoms with Crippen molar-refractivity contribution in [3.63, 3.8) is 0 Å². The van der Waals surface area contributed by atoms with Crippen LogP contribution in [0.3, 0.4) is 0 Å². The summed E-state index contributed by atoms with van der Waals surface area (Å²) in [5.74, 6) is 0.597. The van der Waals surface area contributed by atoms with E-state index in [1.165, 1.54) is 0 Å². The molecule has 1 heterocycles. The van der Waals surface area contributed by atoms with Crippen molar-refractivity contribution < 1.29 is 4.79 Å². The molecule has 0 saturated heterocycles. The Hall–Kier alpha value is -1.58. The van der Waals surface area contributed by atoms with Crippen molar-refractivity contribution in [2.75, 3.05) is 12.4 Å². The predicted molar refractivity (Wildman–Crippen MR) is 74.8 cm³/mol. The van der Waals surface area contributed by atoms with Gasteiger partial charge in [-0.2, -0.15) is 0 Å². The van der Waals surface area contributed by atoms with Crippen LogP contribution in [0, 0.1) is 5.92 Å². The summed E-state index contributed by atoms with van der Waals surface area (Å²) in [6.45, 7) is 6.42.